The molecule has 9 heteroatoms. The summed E-state index contributed by atoms with van der Waals surface area (Å²) >= 11 is 1.05. The number of imidazole rings is 1. The molecule has 0 saturated carbocycles. The van der Waals surface area contributed by atoms with Crippen molar-refractivity contribution in [1.82, 2.24) is 24.3 Å². The summed E-state index contributed by atoms with van der Waals surface area (Å²) in [6.45, 7) is 4.57. The fraction of sp³-hybridized carbons (Fsp3) is 0.312. The highest BCUT2D eigenvalue weighted by molar-refractivity contribution is 7.99. The van der Waals surface area contributed by atoms with Gasteiger partial charge in [0.05, 0.1) is 30.3 Å². The third kappa shape index (κ3) is 4.22. The third-order valence-electron chi connectivity index (χ3n) is 3.56. The fourth-order valence-electron chi connectivity index (χ4n) is 2.40. The molecule has 0 radical (unpaired) electrons. The molecule has 5 nitrogen and oxygen atoms in total. The largest absolute Gasteiger partial charge is 0.389 e. The van der Waals surface area contributed by atoms with E-state index < -0.39 is 12.6 Å². The first kappa shape index (κ1) is 17.5. The van der Waals surface area contributed by atoms with Crippen LogP contribution in [0.15, 0.2) is 48.4 Å². The highest BCUT2D eigenvalue weighted by Crippen LogP contribution is 2.26. The van der Waals surface area contributed by atoms with E-state index in [4.69, 9.17) is 0 Å². The number of benzene rings is 1. The maximum Gasteiger partial charge on any atom is 0.389 e. The SMILES string of the molecule is C=CCn1c(Cn2cnc3ccccc32)nnc1SCCC(F)(F)F. The van der Waals surface area contributed by atoms with Gasteiger partial charge in [-0.25, -0.2) is 4.98 Å². The van der Waals surface area contributed by atoms with Gasteiger partial charge in [0.15, 0.2) is 11.0 Å². The summed E-state index contributed by atoms with van der Waals surface area (Å²) in [5.74, 6) is 0.560. The second-order valence-electron chi connectivity index (χ2n) is 5.37. The quantitative estimate of drug-likeness (QED) is 0.469. The number of thioether (sulfide) groups is 1. The maximum atomic E-state index is 12.3. The number of halogens is 3. The zero-order valence-electron chi connectivity index (χ0n) is 13.3. The number of aromatic nitrogens is 5. The van der Waals surface area contributed by atoms with Crippen LogP contribution in [-0.4, -0.2) is 36.2 Å². The smallest absolute Gasteiger partial charge is 0.323 e. The van der Waals surface area contributed by atoms with Crippen LogP contribution in [0.3, 0.4) is 0 Å². The molecule has 0 amide bonds. The van der Waals surface area contributed by atoms with E-state index in [1.807, 2.05) is 28.8 Å². The van der Waals surface area contributed by atoms with Crippen LogP contribution >= 0.6 is 11.8 Å². The van der Waals surface area contributed by atoms with Crippen LogP contribution in [0.4, 0.5) is 13.2 Å². The number of fused-ring (bicyclic) bond motifs is 1. The Morgan fingerprint density at radius 3 is 2.76 bits per heavy atom. The van der Waals surface area contributed by atoms with Crippen LogP contribution < -0.4 is 0 Å². The average Bonchev–Trinajstić information content (AvgIpc) is 3.13. The molecule has 0 N–H and O–H groups in total. The van der Waals surface area contributed by atoms with Crippen LogP contribution in [0.5, 0.6) is 0 Å². The Bertz CT molecular complexity index is 868. The van der Waals surface area contributed by atoms with Crippen molar-refractivity contribution in [2.45, 2.75) is 30.8 Å². The Morgan fingerprint density at radius 2 is 2.00 bits per heavy atom. The van der Waals surface area contributed by atoms with Crippen molar-refractivity contribution < 1.29 is 13.2 Å². The molecule has 1 aromatic carbocycles. The first-order valence-electron chi connectivity index (χ1n) is 7.60. The molecule has 25 heavy (non-hydrogen) atoms. The Labute approximate surface area is 146 Å². The highest BCUT2D eigenvalue weighted by atomic mass is 32.2. The molecule has 0 bridgehead atoms. The number of rotatable bonds is 7. The van der Waals surface area contributed by atoms with Gasteiger partial charge in [0.25, 0.3) is 0 Å². The van der Waals surface area contributed by atoms with Gasteiger partial charge in [-0.3, -0.25) is 0 Å². The van der Waals surface area contributed by atoms with E-state index in [2.05, 4.69) is 21.8 Å². The Balaban J connectivity index is 1.80. The summed E-state index contributed by atoms with van der Waals surface area (Å²) in [7, 11) is 0. The molecule has 0 atom stereocenters. The van der Waals surface area contributed by atoms with Crippen molar-refractivity contribution in [1.29, 1.82) is 0 Å². The van der Waals surface area contributed by atoms with Gasteiger partial charge in [-0.1, -0.05) is 30.0 Å². The molecule has 3 aromatic rings. The number of para-hydroxylation sites is 2. The van der Waals surface area contributed by atoms with Gasteiger partial charge in [0.1, 0.15) is 0 Å². The molecule has 0 aliphatic heterocycles. The zero-order valence-corrected chi connectivity index (χ0v) is 14.1. The molecule has 0 aliphatic carbocycles. The van der Waals surface area contributed by atoms with E-state index in [1.165, 1.54) is 0 Å². The summed E-state index contributed by atoms with van der Waals surface area (Å²) in [6, 6.07) is 7.71. The van der Waals surface area contributed by atoms with Gasteiger partial charge in [0.2, 0.25) is 0 Å². The second kappa shape index (κ2) is 7.30. The summed E-state index contributed by atoms with van der Waals surface area (Å²) in [4.78, 5) is 4.33. The maximum absolute atomic E-state index is 12.3. The van der Waals surface area contributed by atoms with Crippen LogP contribution in [0.25, 0.3) is 11.0 Å². The van der Waals surface area contributed by atoms with E-state index in [1.54, 1.807) is 17.0 Å². The van der Waals surface area contributed by atoms with Gasteiger partial charge in [0, 0.05) is 12.3 Å². The third-order valence-corrected chi connectivity index (χ3v) is 4.53. The van der Waals surface area contributed by atoms with Crippen molar-refractivity contribution >= 4 is 22.8 Å². The molecule has 2 heterocycles. The van der Waals surface area contributed by atoms with Crippen molar-refractivity contribution in [2.75, 3.05) is 5.75 Å². The molecule has 132 valence electrons. The van der Waals surface area contributed by atoms with Crippen LogP contribution in [0, 0.1) is 0 Å². The minimum absolute atomic E-state index is 0.0905. The molecule has 0 saturated heterocycles. The summed E-state index contributed by atoms with van der Waals surface area (Å²) < 4.78 is 40.7. The van der Waals surface area contributed by atoms with Gasteiger partial charge in [-0.05, 0) is 12.1 Å². The number of allylic oxidation sites excluding steroid dienone is 1. The van der Waals surface area contributed by atoms with Crippen molar-refractivity contribution in [3.05, 3.63) is 49.1 Å². The summed E-state index contributed by atoms with van der Waals surface area (Å²) in [6.07, 6.45) is -1.64. The number of hydrogen-bond donors (Lipinski definition) is 0. The van der Waals surface area contributed by atoms with Crippen LogP contribution in [0.1, 0.15) is 12.2 Å². The standard InChI is InChI=1S/C16H16F3N5S/c1-2-8-24-14(21-22-15(24)25-9-7-16(17,18)19)10-23-11-20-12-5-3-4-6-13(12)23/h2-6,11H,1,7-10H2. The number of alkyl halides is 3. The van der Waals surface area contributed by atoms with Crippen LogP contribution in [-0.2, 0) is 13.1 Å². The van der Waals surface area contributed by atoms with Gasteiger partial charge < -0.3 is 9.13 Å². The molecule has 2 aromatic heterocycles. The van der Waals surface area contributed by atoms with E-state index in [0.717, 1.165) is 22.8 Å². The van der Waals surface area contributed by atoms with E-state index >= 15 is 0 Å². The predicted octanol–water partition coefficient (Wildman–Crippen LogP) is 3.91. The minimum Gasteiger partial charge on any atom is -0.323 e. The lowest BCUT2D eigenvalue weighted by Crippen LogP contribution is -2.10. The molecular formula is C16H16F3N5S. The molecule has 3 rings (SSSR count). The Hall–Kier alpha value is -2.29. The van der Waals surface area contributed by atoms with E-state index in [-0.39, 0.29) is 5.75 Å². The fourth-order valence-corrected chi connectivity index (χ4v) is 3.35. The zero-order chi connectivity index (χ0) is 17.9. The lowest BCUT2D eigenvalue weighted by Gasteiger charge is -2.09. The lowest BCUT2D eigenvalue weighted by molar-refractivity contribution is -0.129. The normalized spacial score (nSPS) is 12.0. The predicted molar refractivity (Wildman–Crippen MR) is 90.5 cm³/mol. The molecule has 0 spiro atoms. The van der Waals surface area contributed by atoms with Crippen molar-refractivity contribution in [2.24, 2.45) is 0 Å². The number of hydrogen-bond acceptors (Lipinski definition) is 4. The monoisotopic (exact) mass is 367 g/mol. The van der Waals surface area contributed by atoms with Crippen molar-refractivity contribution in [3.63, 3.8) is 0 Å². The van der Waals surface area contributed by atoms with E-state index in [0.29, 0.717) is 24.1 Å². The van der Waals surface area contributed by atoms with Crippen LogP contribution in [0.2, 0.25) is 0 Å². The van der Waals surface area contributed by atoms with Gasteiger partial charge >= 0.3 is 6.18 Å². The number of nitrogens with zero attached hydrogens (tertiary/aromatic N) is 5. The van der Waals surface area contributed by atoms with Gasteiger partial charge in [-0.2, -0.15) is 13.2 Å². The molecule has 0 aliphatic rings. The molecule has 0 fully saturated rings. The first-order valence-corrected chi connectivity index (χ1v) is 8.59. The molecular weight excluding hydrogens is 351 g/mol. The first-order chi connectivity index (χ1) is 12.0. The summed E-state index contributed by atoms with van der Waals surface area (Å²) in [5.41, 5.74) is 1.83. The second-order valence-corrected chi connectivity index (χ2v) is 6.43. The topological polar surface area (TPSA) is 48.5 Å². The lowest BCUT2D eigenvalue weighted by atomic mass is 10.3. The summed E-state index contributed by atoms with van der Waals surface area (Å²) in [5, 5.41) is 8.65. The molecule has 0 unspecified atom stereocenters. The van der Waals surface area contributed by atoms with Gasteiger partial charge in [-0.15, -0.1) is 16.8 Å². The van der Waals surface area contributed by atoms with Crippen molar-refractivity contribution in [3.8, 4) is 0 Å². The van der Waals surface area contributed by atoms with E-state index in [9.17, 15) is 13.2 Å². The highest BCUT2D eigenvalue weighted by Gasteiger charge is 2.27. The average molecular weight is 367 g/mol. The Kier molecular flexibility index (Phi) is 5.12. The minimum atomic E-state index is -4.17. The Morgan fingerprint density at radius 1 is 1.20 bits per heavy atom.